The maximum Gasteiger partial charge on any atom is 0.305 e. The summed E-state index contributed by atoms with van der Waals surface area (Å²) in [6, 6.07) is 12.5. The lowest BCUT2D eigenvalue weighted by atomic mass is 9.98. The average molecular weight is 411 g/mol. The standard InChI is InChI=1S/C22H22FN3O4/c1-13-8-4-5-9-15(13)17(12-19(27)28)24-21(29)20-14(2)22(30-3)26(25-20)18-11-7-6-10-16(18)23/h4-11,17H,12H2,1-3H3,(H,24,29)(H,27,28). The zero-order chi connectivity index (χ0) is 21.8. The number of aryl methyl sites for hydroxylation is 1. The van der Waals surface area contributed by atoms with Crippen LogP contribution in [0.2, 0.25) is 0 Å². The first-order valence-corrected chi connectivity index (χ1v) is 9.30. The van der Waals surface area contributed by atoms with Gasteiger partial charge in [0.2, 0.25) is 5.88 Å². The van der Waals surface area contributed by atoms with Gasteiger partial charge < -0.3 is 15.2 Å². The van der Waals surface area contributed by atoms with Gasteiger partial charge in [0.25, 0.3) is 5.91 Å². The fourth-order valence-corrected chi connectivity index (χ4v) is 3.34. The van der Waals surface area contributed by atoms with Crippen molar-refractivity contribution in [1.29, 1.82) is 0 Å². The Morgan fingerprint density at radius 3 is 2.47 bits per heavy atom. The van der Waals surface area contributed by atoms with Crippen molar-refractivity contribution in [2.24, 2.45) is 0 Å². The summed E-state index contributed by atoms with van der Waals surface area (Å²) in [5.74, 6) is -1.92. The number of hydrogen-bond donors (Lipinski definition) is 2. The molecule has 7 nitrogen and oxygen atoms in total. The van der Waals surface area contributed by atoms with Gasteiger partial charge in [0.15, 0.2) is 5.69 Å². The Balaban J connectivity index is 1.99. The topological polar surface area (TPSA) is 93.4 Å². The van der Waals surface area contributed by atoms with E-state index in [0.717, 1.165) is 5.56 Å². The number of carboxylic acids is 1. The summed E-state index contributed by atoms with van der Waals surface area (Å²) in [5.41, 5.74) is 2.13. The number of aliphatic carboxylic acids is 1. The van der Waals surface area contributed by atoms with Gasteiger partial charge in [0.05, 0.1) is 19.6 Å². The second-order valence-corrected chi connectivity index (χ2v) is 6.83. The molecule has 1 atom stereocenters. The minimum absolute atomic E-state index is 0.0269. The molecule has 3 aromatic rings. The highest BCUT2D eigenvalue weighted by Gasteiger charge is 2.26. The lowest BCUT2D eigenvalue weighted by molar-refractivity contribution is -0.137. The third kappa shape index (κ3) is 4.17. The van der Waals surface area contributed by atoms with Crippen LogP contribution in [0.5, 0.6) is 5.88 Å². The summed E-state index contributed by atoms with van der Waals surface area (Å²) in [4.78, 5) is 24.4. The number of amides is 1. The van der Waals surface area contributed by atoms with Crippen LogP contribution in [0.25, 0.3) is 5.69 Å². The molecule has 2 aromatic carbocycles. The number of aromatic nitrogens is 2. The van der Waals surface area contributed by atoms with E-state index in [2.05, 4.69) is 10.4 Å². The zero-order valence-corrected chi connectivity index (χ0v) is 16.8. The van der Waals surface area contributed by atoms with E-state index in [9.17, 15) is 19.1 Å². The molecule has 0 saturated carbocycles. The molecule has 0 spiro atoms. The number of para-hydroxylation sites is 1. The molecule has 2 N–H and O–H groups in total. The largest absolute Gasteiger partial charge is 0.481 e. The van der Waals surface area contributed by atoms with Gasteiger partial charge >= 0.3 is 5.97 Å². The van der Waals surface area contributed by atoms with Crippen molar-refractivity contribution in [3.63, 3.8) is 0 Å². The molecule has 30 heavy (non-hydrogen) atoms. The number of ether oxygens (including phenoxy) is 1. The van der Waals surface area contributed by atoms with E-state index < -0.39 is 23.7 Å². The fraction of sp³-hybridized carbons (Fsp3) is 0.227. The molecular weight excluding hydrogens is 389 g/mol. The quantitative estimate of drug-likeness (QED) is 0.620. The minimum Gasteiger partial charge on any atom is -0.481 e. The predicted molar refractivity (Wildman–Crippen MR) is 108 cm³/mol. The van der Waals surface area contributed by atoms with E-state index in [1.54, 1.807) is 31.2 Å². The monoisotopic (exact) mass is 411 g/mol. The Labute approximate surface area is 173 Å². The number of halogens is 1. The first-order valence-electron chi connectivity index (χ1n) is 9.30. The molecular formula is C22H22FN3O4. The second kappa shape index (κ2) is 8.77. The lowest BCUT2D eigenvalue weighted by Gasteiger charge is -2.19. The molecule has 0 aliphatic carbocycles. The molecule has 0 aliphatic heterocycles. The third-order valence-corrected chi connectivity index (χ3v) is 4.81. The molecule has 0 fully saturated rings. The van der Waals surface area contributed by atoms with Crippen LogP contribution < -0.4 is 10.1 Å². The molecule has 1 unspecified atom stereocenters. The molecule has 156 valence electrons. The van der Waals surface area contributed by atoms with Crippen LogP contribution in [0.3, 0.4) is 0 Å². The van der Waals surface area contributed by atoms with Crippen molar-refractivity contribution in [2.45, 2.75) is 26.3 Å². The molecule has 0 bridgehead atoms. The predicted octanol–water partition coefficient (Wildman–Crippen LogP) is 3.58. The number of carboxylic acid groups (broad SMARTS) is 1. The number of methoxy groups -OCH3 is 1. The number of carbonyl (C=O) groups excluding carboxylic acids is 1. The number of carbonyl (C=O) groups is 2. The van der Waals surface area contributed by atoms with E-state index >= 15 is 0 Å². The van der Waals surface area contributed by atoms with Gasteiger partial charge in [0.1, 0.15) is 11.5 Å². The average Bonchev–Trinajstić information content (AvgIpc) is 3.04. The summed E-state index contributed by atoms with van der Waals surface area (Å²) >= 11 is 0. The number of hydrogen-bond acceptors (Lipinski definition) is 4. The normalized spacial score (nSPS) is 11.7. The number of nitrogens with zero attached hydrogens (tertiary/aromatic N) is 2. The zero-order valence-electron chi connectivity index (χ0n) is 16.8. The Bertz CT molecular complexity index is 1090. The van der Waals surface area contributed by atoms with Crippen molar-refractivity contribution in [3.8, 4) is 11.6 Å². The van der Waals surface area contributed by atoms with Gasteiger partial charge in [-0.2, -0.15) is 9.78 Å². The molecule has 8 heteroatoms. The molecule has 1 heterocycles. The van der Waals surface area contributed by atoms with Crippen molar-refractivity contribution < 1.29 is 23.8 Å². The van der Waals surface area contributed by atoms with Crippen LogP contribution in [0.4, 0.5) is 4.39 Å². The summed E-state index contributed by atoms with van der Waals surface area (Å²) in [6.45, 7) is 3.48. The van der Waals surface area contributed by atoms with E-state index in [1.165, 1.54) is 23.9 Å². The number of nitrogens with one attached hydrogen (secondary N) is 1. The third-order valence-electron chi connectivity index (χ3n) is 4.81. The fourth-order valence-electron chi connectivity index (χ4n) is 3.34. The highest BCUT2D eigenvalue weighted by atomic mass is 19.1. The molecule has 1 aromatic heterocycles. The molecule has 0 saturated heterocycles. The summed E-state index contributed by atoms with van der Waals surface area (Å²) in [6.07, 6.45) is -0.291. The molecule has 0 radical (unpaired) electrons. The van der Waals surface area contributed by atoms with Crippen LogP contribution in [-0.2, 0) is 4.79 Å². The summed E-state index contributed by atoms with van der Waals surface area (Å²) < 4.78 is 20.8. The lowest BCUT2D eigenvalue weighted by Crippen LogP contribution is -2.31. The van der Waals surface area contributed by atoms with E-state index in [0.29, 0.717) is 11.1 Å². The van der Waals surface area contributed by atoms with Crippen molar-refractivity contribution in [2.75, 3.05) is 7.11 Å². The first kappa shape index (κ1) is 21.0. The van der Waals surface area contributed by atoms with E-state index in [1.807, 2.05) is 19.1 Å². The van der Waals surface area contributed by atoms with Crippen LogP contribution in [0.15, 0.2) is 48.5 Å². The SMILES string of the molecule is COc1c(C)c(C(=O)NC(CC(=O)O)c2ccccc2C)nn1-c1ccccc1F. The van der Waals surface area contributed by atoms with Crippen molar-refractivity contribution >= 4 is 11.9 Å². The Morgan fingerprint density at radius 1 is 1.17 bits per heavy atom. The molecule has 3 rings (SSSR count). The Hall–Kier alpha value is -3.68. The van der Waals surface area contributed by atoms with Crippen LogP contribution in [0, 0.1) is 19.7 Å². The summed E-state index contributed by atoms with van der Waals surface area (Å²) in [7, 11) is 1.41. The minimum atomic E-state index is -1.05. The maximum atomic E-state index is 14.3. The van der Waals surface area contributed by atoms with E-state index in [-0.39, 0.29) is 23.7 Å². The van der Waals surface area contributed by atoms with Gasteiger partial charge in [0, 0.05) is 5.56 Å². The smallest absolute Gasteiger partial charge is 0.305 e. The highest BCUT2D eigenvalue weighted by Crippen LogP contribution is 2.28. The Morgan fingerprint density at radius 2 is 1.83 bits per heavy atom. The van der Waals surface area contributed by atoms with Crippen molar-refractivity contribution in [3.05, 3.63) is 76.7 Å². The number of benzene rings is 2. The maximum absolute atomic E-state index is 14.3. The van der Waals surface area contributed by atoms with Crippen molar-refractivity contribution in [1.82, 2.24) is 15.1 Å². The van der Waals surface area contributed by atoms with Gasteiger partial charge in [-0.3, -0.25) is 9.59 Å². The number of rotatable bonds is 7. The molecule has 1 amide bonds. The summed E-state index contributed by atoms with van der Waals surface area (Å²) in [5, 5.41) is 16.3. The van der Waals surface area contributed by atoms with Gasteiger partial charge in [-0.25, -0.2) is 4.39 Å². The van der Waals surface area contributed by atoms with Gasteiger partial charge in [-0.1, -0.05) is 36.4 Å². The first-order chi connectivity index (χ1) is 14.3. The second-order valence-electron chi connectivity index (χ2n) is 6.83. The van der Waals surface area contributed by atoms with Gasteiger partial charge in [-0.15, -0.1) is 0 Å². The van der Waals surface area contributed by atoms with Gasteiger partial charge in [-0.05, 0) is 37.1 Å². The van der Waals surface area contributed by atoms with Crippen LogP contribution >= 0.6 is 0 Å². The van der Waals surface area contributed by atoms with E-state index in [4.69, 9.17) is 4.74 Å². The van der Waals surface area contributed by atoms with Crippen LogP contribution in [-0.4, -0.2) is 33.9 Å². The van der Waals surface area contributed by atoms with Crippen LogP contribution in [0.1, 0.15) is 39.6 Å². The Kier molecular flexibility index (Phi) is 6.15. The highest BCUT2D eigenvalue weighted by molar-refractivity contribution is 5.95. The molecule has 0 aliphatic rings.